The van der Waals surface area contributed by atoms with Gasteiger partial charge >= 0.3 is 6.09 Å². The van der Waals surface area contributed by atoms with Crippen LogP contribution in [0.1, 0.15) is 16.8 Å². The Labute approximate surface area is 151 Å². The average Bonchev–Trinajstić information content (AvgIpc) is 3.02. The number of amides is 1. The van der Waals surface area contributed by atoms with E-state index in [9.17, 15) is 9.59 Å². The number of benzene rings is 2. The lowest BCUT2D eigenvalue weighted by Gasteiger charge is -2.28. The standard InChI is InChI=1S/C21H20N2O3/c1-26-21(25)23-18-10-6-5-9-16(18)17-11-12-22(14-19(17)23)20(24)13-15-7-3-2-4-8-15/h2-10H,11-14H2,1H3. The quantitative estimate of drug-likeness (QED) is 0.713. The Bertz CT molecular complexity index is 976. The predicted octanol–water partition coefficient (Wildman–Crippen LogP) is 3.38. The molecule has 0 radical (unpaired) electrons. The van der Waals surface area contributed by atoms with E-state index in [4.69, 9.17) is 4.74 Å². The van der Waals surface area contributed by atoms with Crippen molar-refractivity contribution in [1.29, 1.82) is 0 Å². The first-order valence-corrected chi connectivity index (χ1v) is 8.70. The van der Waals surface area contributed by atoms with Gasteiger partial charge in [-0.2, -0.15) is 0 Å². The summed E-state index contributed by atoms with van der Waals surface area (Å²) in [4.78, 5) is 26.9. The van der Waals surface area contributed by atoms with E-state index in [0.717, 1.165) is 34.1 Å². The number of aromatic nitrogens is 1. The molecule has 1 amide bonds. The Hall–Kier alpha value is -3.08. The molecule has 0 fully saturated rings. The van der Waals surface area contributed by atoms with Gasteiger partial charge in [0.15, 0.2) is 0 Å². The first-order valence-electron chi connectivity index (χ1n) is 8.70. The number of fused-ring (bicyclic) bond motifs is 3. The molecule has 0 atom stereocenters. The zero-order chi connectivity index (χ0) is 18.1. The second-order valence-corrected chi connectivity index (χ2v) is 6.48. The van der Waals surface area contributed by atoms with Crippen molar-refractivity contribution in [3.63, 3.8) is 0 Å². The molecule has 0 aliphatic carbocycles. The molecule has 0 saturated heterocycles. The van der Waals surface area contributed by atoms with E-state index in [-0.39, 0.29) is 5.91 Å². The Kier molecular flexibility index (Phi) is 4.21. The molecule has 5 heteroatoms. The first kappa shape index (κ1) is 16.4. The summed E-state index contributed by atoms with van der Waals surface area (Å²) >= 11 is 0. The molecule has 3 aromatic rings. The fourth-order valence-corrected chi connectivity index (χ4v) is 3.71. The highest BCUT2D eigenvalue weighted by Gasteiger charge is 2.28. The van der Waals surface area contributed by atoms with Gasteiger partial charge in [-0.3, -0.25) is 4.79 Å². The van der Waals surface area contributed by atoms with Crippen molar-refractivity contribution in [3.8, 4) is 0 Å². The third-order valence-electron chi connectivity index (χ3n) is 4.97. The van der Waals surface area contributed by atoms with E-state index in [2.05, 4.69) is 0 Å². The predicted molar refractivity (Wildman–Crippen MR) is 99.0 cm³/mol. The van der Waals surface area contributed by atoms with Crippen molar-refractivity contribution < 1.29 is 14.3 Å². The number of carbonyl (C=O) groups is 2. The Morgan fingerprint density at radius 3 is 2.54 bits per heavy atom. The summed E-state index contributed by atoms with van der Waals surface area (Å²) in [7, 11) is 1.38. The number of carbonyl (C=O) groups excluding carboxylic acids is 2. The number of ether oxygens (including phenoxy) is 1. The molecular formula is C21H20N2O3. The summed E-state index contributed by atoms with van der Waals surface area (Å²) in [5, 5.41) is 1.06. The molecule has 0 N–H and O–H groups in total. The number of hydrogen-bond donors (Lipinski definition) is 0. The Balaban J connectivity index is 1.68. The minimum Gasteiger partial charge on any atom is -0.452 e. The number of methoxy groups -OCH3 is 1. The van der Waals surface area contributed by atoms with E-state index in [0.29, 0.717) is 19.5 Å². The van der Waals surface area contributed by atoms with Crippen molar-refractivity contribution in [2.45, 2.75) is 19.4 Å². The molecule has 0 spiro atoms. The lowest BCUT2D eigenvalue weighted by Crippen LogP contribution is -2.38. The maximum atomic E-state index is 12.7. The van der Waals surface area contributed by atoms with Crippen LogP contribution in [-0.2, 0) is 28.9 Å². The number of nitrogens with zero attached hydrogens (tertiary/aromatic N) is 2. The third kappa shape index (κ3) is 2.75. The number of hydrogen-bond acceptors (Lipinski definition) is 3. The van der Waals surface area contributed by atoms with Gasteiger partial charge in [-0.15, -0.1) is 0 Å². The van der Waals surface area contributed by atoms with Crippen molar-refractivity contribution in [3.05, 3.63) is 71.4 Å². The fourth-order valence-electron chi connectivity index (χ4n) is 3.71. The molecule has 0 saturated carbocycles. The van der Waals surface area contributed by atoms with Gasteiger partial charge in [0, 0.05) is 11.9 Å². The maximum absolute atomic E-state index is 12.7. The zero-order valence-corrected chi connectivity index (χ0v) is 14.6. The van der Waals surface area contributed by atoms with Crippen molar-refractivity contribution in [2.24, 2.45) is 0 Å². The van der Waals surface area contributed by atoms with Crippen LogP contribution in [0.5, 0.6) is 0 Å². The number of para-hydroxylation sites is 1. The van der Waals surface area contributed by atoms with Gasteiger partial charge in [0.1, 0.15) is 0 Å². The lowest BCUT2D eigenvalue weighted by atomic mass is 10.0. The van der Waals surface area contributed by atoms with Gasteiger partial charge in [-0.1, -0.05) is 48.5 Å². The van der Waals surface area contributed by atoms with Gasteiger partial charge < -0.3 is 9.64 Å². The molecule has 1 aromatic heterocycles. The van der Waals surface area contributed by atoms with E-state index in [1.807, 2.05) is 59.5 Å². The third-order valence-corrected chi connectivity index (χ3v) is 4.97. The molecule has 4 rings (SSSR count). The van der Waals surface area contributed by atoms with Crippen LogP contribution in [0.25, 0.3) is 10.9 Å². The Morgan fingerprint density at radius 1 is 1.04 bits per heavy atom. The molecule has 1 aliphatic heterocycles. The monoisotopic (exact) mass is 348 g/mol. The summed E-state index contributed by atoms with van der Waals surface area (Å²) in [6.45, 7) is 1.08. The van der Waals surface area contributed by atoms with E-state index in [1.54, 1.807) is 4.57 Å². The molecule has 2 heterocycles. The smallest absolute Gasteiger partial charge is 0.418 e. The largest absolute Gasteiger partial charge is 0.452 e. The SMILES string of the molecule is COC(=O)n1c2c(c3ccccc31)CCN(C(=O)Cc1ccccc1)C2. The van der Waals surface area contributed by atoms with Crippen molar-refractivity contribution >= 4 is 22.9 Å². The van der Waals surface area contributed by atoms with Crippen LogP contribution in [0.15, 0.2) is 54.6 Å². The highest BCUT2D eigenvalue weighted by molar-refractivity contribution is 5.94. The van der Waals surface area contributed by atoms with Crippen LogP contribution >= 0.6 is 0 Å². The van der Waals surface area contributed by atoms with Crippen LogP contribution in [0.4, 0.5) is 4.79 Å². The fraction of sp³-hybridized carbons (Fsp3) is 0.238. The molecular weight excluding hydrogens is 328 g/mol. The van der Waals surface area contributed by atoms with E-state index in [1.165, 1.54) is 7.11 Å². The van der Waals surface area contributed by atoms with Crippen LogP contribution in [0.2, 0.25) is 0 Å². The molecule has 26 heavy (non-hydrogen) atoms. The summed E-state index contributed by atoms with van der Waals surface area (Å²) in [6, 6.07) is 17.5. The maximum Gasteiger partial charge on any atom is 0.418 e. The van der Waals surface area contributed by atoms with Gasteiger partial charge in [0.25, 0.3) is 0 Å². The molecule has 5 nitrogen and oxygen atoms in total. The van der Waals surface area contributed by atoms with Gasteiger partial charge in [0.2, 0.25) is 5.91 Å². The summed E-state index contributed by atoms with van der Waals surface area (Å²) in [5.74, 6) is 0.0727. The van der Waals surface area contributed by atoms with Gasteiger partial charge in [-0.05, 0) is 23.6 Å². The second kappa shape index (κ2) is 6.67. The first-order chi connectivity index (χ1) is 12.7. The second-order valence-electron chi connectivity index (χ2n) is 6.48. The summed E-state index contributed by atoms with van der Waals surface area (Å²) in [6.07, 6.45) is 0.689. The highest BCUT2D eigenvalue weighted by atomic mass is 16.5. The molecule has 2 aromatic carbocycles. The van der Waals surface area contributed by atoms with E-state index < -0.39 is 6.09 Å². The van der Waals surface area contributed by atoms with Crippen LogP contribution < -0.4 is 0 Å². The molecule has 132 valence electrons. The molecule has 0 unspecified atom stereocenters. The normalized spacial score (nSPS) is 13.5. The van der Waals surface area contributed by atoms with Crippen molar-refractivity contribution in [2.75, 3.05) is 13.7 Å². The van der Waals surface area contributed by atoms with Crippen LogP contribution in [0, 0.1) is 0 Å². The number of rotatable bonds is 2. The van der Waals surface area contributed by atoms with Gasteiger partial charge in [0.05, 0.1) is 31.3 Å². The summed E-state index contributed by atoms with van der Waals surface area (Å²) in [5.41, 5.74) is 3.82. The molecule has 0 bridgehead atoms. The summed E-state index contributed by atoms with van der Waals surface area (Å²) < 4.78 is 6.58. The van der Waals surface area contributed by atoms with E-state index >= 15 is 0 Å². The topological polar surface area (TPSA) is 51.5 Å². The zero-order valence-electron chi connectivity index (χ0n) is 14.6. The van der Waals surface area contributed by atoms with Crippen LogP contribution in [0.3, 0.4) is 0 Å². The minimum absolute atomic E-state index is 0.0727. The van der Waals surface area contributed by atoms with Gasteiger partial charge in [-0.25, -0.2) is 9.36 Å². The van der Waals surface area contributed by atoms with Crippen molar-refractivity contribution in [1.82, 2.24) is 9.47 Å². The van der Waals surface area contributed by atoms with Crippen LogP contribution in [-0.4, -0.2) is 35.1 Å². The molecule has 1 aliphatic rings. The lowest BCUT2D eigenvalue weighted by molar-refractivity contribution is -0.131. The highest BCUT2D eigenvalue weighted by Crippen LogP contribution is 2.31. The average molecular weight is 348 g/mol. The minimum atomic E-state index is -0.417. The Morgan fingerprint density at radius 2 is 1.77 bits per heavy atom.